The van der Waals surface area contributed by atoms with Gasteiger partial charge in [-0.3, -0.25) is 5.32 Å². The van der Waals surface area contributed by atoms with Gasteiger partial charge in [0, 0.05) is 12.1 Å². The Morgan fingerprint density at radius 3 is 2.45 bits per heavy atom. The molecule has 1 unspecified atom stereocenters. The summed E-state index contributed by atoms with van der Waals surface area (Å²) in [6.45, 7) is 1.53. The minimum absolute atomic E-state index is 0.116. The Bertz CT molecular complexity index is 516. The number of likely N-dealkylation sites (N-methyl/N-ethyl adjacent to an activating group) is 1. The molecule has 0 amide bonds. The van der Waals surface area contributed by atoms with E-state index >= 15 is 0 Å². The molecule has 0 aromatic rings. The molecule has 0 aromatic heterocycles. The normalized spacial score (nSPS) is 45.7. The van der Waals surface area contributed by atoms with E-state index < -0.39 is 66.8 Å². The standard InChI is InChI=1S/C17H36N4O8/c1-17(27)6-28-16(12(25)14(17)20-2)29-13-8(5-7(19)10(23)11(13)24)21-15(26)9(22)3-4-18/h7-16,20-27H,3-6,18-19H2,1-2H3/t7-,8+,9-,10+,11-,12+,13-,14+,15?,16+,17-/m0/s1. The molecule has 12 nitrogen and oxygen atoms in total. The maximum Gasteiger partial charge on any atom is 0.185 e. The van der Waals surface area contributed by atoms with Crippen LogP contribution in [0.2, 0.25) is 0 Å². The summed E-state index contributed by atoms with van der Waals surface area (Å²) >= 11 is 0. The summed E-state index contributed by atoms with van der Waals surface area (Å²) in [7, 11) is 1.57. The van der Waals surface area contributed by atoms with Crippen LogP contribution in [0.25, 0.3) is 0 Å². The van der Waals surface area contributed by atoms with Crippen LogP contribution in [0.3, 0.4) is 0 Å². The maximum atomic E-state index is 10.6. The highest BCUT2D eigenvalue weighted by atomic mass is 16.7. The van der Waals surface area contributed by atoms with Crippen molar-refractivity contribution in [1.82, 2.24) is 10.6 Å². The third kappa shape index (κ3) is 5.61. The van der Waals surface area contributed by atoms with Crippen LogP contribution in [0.1, 0.15) is 19.8 Å². The van der Waals surface area contributed by atoms with Crippen LogP contribution < -0.4 is 22.1 Å². The molecule has 0 aromatic carbocycles. The van der Waals surface area contributed by atoms with Gasteiger partial charge in [-0.1, -0.05) is 0 Å². The van der Waals surface area contributed by atoms with Crippen LogP contribution >= 0.6 is 0 Å². The minimum atomic E-state index is -1.44. The van der Waals surface area contributed by atoms with E-state index in [1.165, 1.54) is 6.92 Å². The molecule has 11 atom stereocenters. The van der Waals surface area contributed by atoms with Gasteiger partial charge in [0.2, 0.25) is 0 Å². The molecule has 0 spiro atoms. The Kier molecular flexibility index (Phi) is 8.73. The molecular formula is C17H36N4O8. The fourth-order valence-electron chi connectivity index (χ4n) is 3.97. The molecule has 12 heteroatoms. The fraction of sp³-hybridized carbons (Fsp3) is 1.00. The molecule has 0 bridgehead atoms. The predicted molar refractivity (Wildman–Crippen MR) is 101 cm³/mol. The van der Waals surface area contributed by atoms with Gasteiger partial charge in [-0.25, -0.2) is 0 Å². The highest BCUT2D eigenvalue weighted by Gasteiger charge is 2.50. The average molecular weight is 424 g/mol. The molecule has 2 fully saturated rings. The molecular weight excluding hydrogens is 388 g/mol. The van der Waals surface area contributed by atoms with E-state index in [-0.39, 0.29) is 26.0 Å². The molecule has 1 aliphatic carbocycles. The van der Waals surface area contributed by atoms with E-state index in [0.29, 0.717) is 0 Å². The smallest absolute Gasteiger partial charge is 0.185 e. The van der Waals surface area contributed by atoms with Crippen molar-refractivity contribution in [1.29, 1.82) is 0 Å². The first-order valence-electron chi connectivity index (χ1n) is 9.82. The van der Waals surface area contributed by atoms with E-state index in [9.17, 15) is 30.6 Å². The molecule has 172 valence electrons. The molecule has 2 aliphatic rings. The van der Waals surface area contributed by atoms with E-state index in [0.717, 1.165) is 0 Å². The molecule has 2 rings (SSSR count). The number of hydrogen-bond donors (Lipinski definition) is 10. The van der Waals surface area contributed by atoms with Crippen molar-refractivity contribution in [2.45, 2.75) is 86.5 Å². The summed E-state index contributed by atoms with van der Waals surface area (Å²) < 4.78 is 11.2. The van der Waals surface area contributed by atoms with Crippen LogP contribution in [0, 0.1) is 0 Å². The third-order valence-electron chi connectivity index (χ3n) is 5.69. The first-order chi connectivity index (χ1) is 13.5. The van der Waals surface area contributed by atoms with Gasteiger partial charge in [-0.2, -0.15) is 0 Å². The monoisotopic (exact) mass is 424 g/mol. The second kappa shape index (κ2) is 10.2. The number of aliphatic hydroxyl groups is 6. The predicted octanol–water partition coefficient (Wildman–Crippen LogP) is -5.13. The highest BCUT2D eigenvalue weighted by Crippen LogP contribution is 2.29. The maximum absolute atomic E-state index is 10.6. The lowest BCUT2D eigenvalue weighted by Crippen LogP contribution is -2.69. The topological polar surface area (TPSA) is 216 Å². The van der Waals surface area contributed by atoms with Crippen molar-refractivity contribution in [2.24, 2.45) is 11.5 Å². The number of hydrogen-bond acceptors (Lipinski definition) is 12. The van der Waals surface area contributed by atoms with Crippen molar-refractivity contribution in [3.63, 3.8) is 0 Å². The Labute approximate surface area is 169 Å². The largest absolute Gasteiger partial charge is 0.389 e. The molecule has 1 saturated heterocycles. The second-order valence-electron chi connectivity index (χ2n) is 8.14. The Morgan fingerprint density at radius 2 is 1.86 bits per heavy atom. The van der Waals surface area contributed by atoms with Gasteiger partial charge in [0.15, 0.2) is 6.29 Å². The number of nitrogens with two attached hydrogens (primary N) is 2. The Morgan fingerprint density at radius 1 is 1.21 bits per heavy atom. The fourth-order valence-corrected chi connectivity index (χ4v) is 3.97. The van der Waals surface area contributed by atoms with Gasteiger partial charge in [0.1, 0.15) is 30.1 Å². The van der Waals surface area contributed by atoms with Crippen molar-refractivity contribution in [3.05, 3.63) is 0 Å². The Hall–Kier alpha value is -0.480. The molecule has 1 heterocycles. The lowest BCUT2D eigenvalue weighted by Gasteiger charge is -2.48. The number of nitrogens with one attached hydrogen (secondary N) is 2. The molecule has 0 radical (unpaired) electrons. The minimum Gasteiger partial charge on any atom is -0.389 e. The zero-order valence-corrected chi connectivity index (χ0v) is 16.8. The number of rotatable bonds is 8. The molecule has 29 heavy (non-hydrogen) atoms. The summed E-state index contributed by atoms with van der Waals surface area (Å²) in [6.07, 6.45) is -8.62. The number of ether oxygens (including phenoxy) is 2. The zero-order chi connectivity index (χ0) is 21.9. The van der Waals surface area contributed by atoms with Crippen LogP contribution in [0.4, 0.5) is 0 Å². The lowest BCUT2D eigenvalue weighted by molar-refractivity contribution is -0.298. The van der Waals surface area contributed by atoms with Gasteiger partial charge in [-0.05, 0) is 33.4 Å². The molecule has 1 saturated carbocycles. The van der Waals surface area contributed by atoms with Crippen LogP contribution in [0.15, 0.2) is 0 Å². The first kappa shape index (κ1) is 24.8. The molecule has 12 N–H and O–H groups in total. The van der Waals surface area contributed by atoms with Gasteiger partial charge in [0.05, 0.1) is 24.9 Å². The van der Waals surface area contributed by atoms with E-state index in [1.807, 2.05) is 0 Å². The first-order valence-corrected chi connectivity index (χ1v) is 9.82. The Balaban J connectivity index is 2.14. The summed E-state index contributed by atoms with van der Waals surface area (Å²) in [5.74, 6) is 0. The van der Waals surface area contributed by atoms with Crippen molar-refractivity contribution < 1.29 is 40.1 Å². The second-order valence-corrected chi connectivity index (χ2v) is 8.14. The van der Waals surface area contributed by atoms with Gasteiger partial charge < -0.3 is 56.9 Å². The van der Waals surface area contributed by atoms with Crippen LogP contribution in [-0.4, -0.2) is 118 Å². The van der Waals surface area contributed by atoms with Gasteiger partial charge in [0.25, 0.3) is 0 Å². The van der Waals surface area contributed by atoms with E-state index in [4.69, 9.17) is 20.9 Å². The van der Waals surface area contributed by atoms with E-state index in [1.54, 1.807) is 7.05 Å². The van der Waals surface area contributed by atoms with Crippen molar-refractivity contribution in [2.75, 3.05) is 20.2 Å². The highest BCUT2D eigenvalue weighted by molar-refractivity contribution is 5.02. The number of aliphatic hydroxyl groups excluding tert-OH is 5. The average Bonchev–Trinajstić information content (AvgIpc) is 2.65. The summed E-state index contributed by atoms with van der Waals surface area (Å²) in [6, 6.07) is -2.33. The third-order valence-corrected chi connectivity index (χ3v) is 5.69. The van der Waals surface area contributed by atoms with Crippen molar-refractivity contribution >= 4 is 0 Å². The summed E-state index contributed by atoms with van der Waals surface area (Å²) in [5, 5.41) is 67.3. The molecule has 1 aliphatic heterocycles. The summed E-state index contributed by atoms with van der Waals surface area (Å²) in [5.41, 5.74) is 9.92. The van der Waals surface area contributed by atoms with Crippen LogP contribution in [-0.2, 0) is 9.47 Å². The lowest BCUT2D eigenvalue weighted by atomic mass is 9.83. The van der Waals surface area contributed by atoms with E-state index in [2.05, 4.69) is 10.6 Å². The SMILES string of the molecule is CN[C@@H]1[C@@H](O)[C@@H](O[C@@H]2[C@@H](O)[C@H](O)[C@@H](N)C[C@H]2NC(O)[C@@H](O)CCN)OC[C@]1(C)O. The zero-order valence-electron chi connectivity index (χ0n) is 16.8. The van der Waals surface area contributed by atoms with Crippen LogP contribution in [0.5, 0.6) is 0 Å². The van der Waals surface area contributed by atoms with Crippen molar-refractivity contribution in [3.8, 4) is 0 Å². The summed E-state index contributed by atoms with van der Waals surface area (Å²) in [4.78, 5) is 0. The van der Waals surface area contributed by atoms with Gasteiger partial charge in [-0.15, -0.1) is 0 Å². The van der Waals surface area contributed by atoms with Gasteiger partial charge >= 0.3 is 0 Å². The quantitative estimate of drug-likeness (QED) is 0.166.